The van der Waals surface area contributed by atoms with Crippen LogP contribution in [0.2, 0.25) is 15.1 Å². The summed E-state index contributed by atoms with van der Waals surface area (Å²) in [6.07, 6.45) is 0. The standard InChI is InChI=1S/C14H14Cl3NOS/c1-9-2-3-11(20-9)8-18-4-5-19-14-12(16)6-10(15)7-13(14)17/h2-3,6-7,18H,4-5,8H2,1H3. The van der Waals surface area contributed by atoms with E-state index in [0.29, 0.717) is 34.0 Å². The van der Waals surface area contributed by atoms with E-state index in [1.807, 2.05) is 0 Å². The molecule has 0 amide bonds. The van der Waals surface area contributed by atoms with Gasteiger partial charge in [0, 0.05) is 27.9 Å². The maximum absolute atomic E-state index is 6.03. The molecule has 0 unspecified atom stereocenters. The number of hydrogen-bond donors (Lipinski definition) is 1. The van der Waals surface area contributed by atoms with Gasteiger partial charge >= 0.3 is 0 Å². The highest BCUT2D eigenvalue weighted by atomic mass is 35.5. The number of nitrogens with one attached hydrogen (secondary N) is 1. The van der Waals surface area contributed by atoms with Gasteiger partial charge in [-0.2, -0.15) is 0 Å². The Labute approximate surface area is 137 Å². The van der Waals surface area contributed by atoms with Crippen molar-refractivity contribution in [2.45, 2.75) is 13.5 Å². The molecule has 0 radical (unpaired) electrons. The predicted octanol–water partition coefficient (Wildman–Crippen LogP) is 5.19. The number of ether oxygens (including phenoxy) is 1. The van der Waals surface area contributed by atoms with Gasteiger partial charge in [-0.25, -0.2) is 0 Å². The smallest absolute Gasteiger partial charge is 0.156 e. The summed E-state index contributed by atoms with van der Waals surface area (Å²) in [4.78, 5) is 2.63. The molecule has 0 atom stereocenters. The quantitative estimate of drug-likeness (QED) is 0.724. The van der Waals surface area contributed by atoms with E-state index in [1.165, 1.54) is 9.75 Å². The third-order valence-electron chi connectivity index (χ3n) is 2.58. The van der Waals surface area contributed by atoms with Crippen molar-refractivity contribution in [1.82, 2.24) is 5.32 Å². The van der Waals surface area contributed by atoms with Crippen LogP contribution in [0.25, 0.3) is 0 Å². The number of hydrogen-bond acceptors (Lipinski definition) is 3. The molecule has 1 heterocycles. The molecular weight excluding hydrogens is 337 g/mol. The van der Waals surface area contributed by atoms with Gasteiger partial charge in [0.1, 0.15) is 6.61 Å². The van der Waals surface area contributed by atoms with Crippen LogP contribution in [0, 0.1) is 6.92 Å². The van der Waals surface area contributed by atoms with Gasteiger partial charge in [-0.1, -0.05) is 34.8 Å². The molecule has 2 nitrogen and oxygen atoms in total. The number of halogens is 3. The molecule has 0 aliphatic carbocycles. The van der Waals surface area contributed by atoms with E-state index >= 15 is 0 Å². The molecule has 1 aromatic heterocycles. The first-order valence-corrected chi connectivity index (χ1v) is 8.04. The van der Waals surface area contributed by atoms with Crippen LogP contribution in [0.4, 0.5) is 0 Å². The van der Waals surface area contributed by atoms with Crippen molar-refractivity contribution in [3.8, 4) is 5.75 Å². The second-order valence-corrected chi connectivity index (χ2v) is 6.86. The Hall–Kier alpha value is -0.450. The SMILES string of the molecule is Cc1ccc(CNCCOc2c(Cl)cc(Cl)cc2Cl)s1. The highest BCUT2D eigenvalue weighted by molar-refractivity contribution is 7.11. The molecular formula is C14H14Cl3NOS. The van der Waals surface area contributed by atoms with Gasteiger partial charge < -0.3 is 10.1 Å². The van der Waals surface area contributed by atoms with Crippen LogP contribution >= 0.6 is 46.1 Å². The Balaban J connectivity index is 1.76. The van der Waals surface area contributed by atoms with E-state index in [2.05, 4.69) is 24.4 Å². The van der Waals surface area contributed by atoms with Crippen LogP contribution in [-0.4, -0.2) is 13.2 Å². The van der Waals surface area contributed by atoms with E-state index < -0.39 is 0 Å². The third kappa shape index (κ3) is 4.54. The van der Waals surface area contributed by atoms with Crippen LogP contribution < -0.4 is 10.1 Å². The molecule has 0 saturated heterocycles. The van der Waals surface area contributed by atoms with E-state index in [4.69, 9.17) is 39.5 Å². The maximum atomic E-state index is 6.03. The second-order valence-electron chi connectivity index (χ2n) is 4.24. The molecule has 0 aliphatic rings. The molecule has 0 aliphatic heterocycles. The first kappa shape index (κ1) is 15.9. The summed E-state index contributed by atoms with van der Waals surface area (Å²) in [7, 11) is 0. The molecule has 0 fully saturated rings. The van der Waals surface area contributed by atoms with Crippen molar-refractivity contribution in [2.75, 3.05) is 13.2 Å². The van der Waals surface area contributed by atoms with Gasteiger partial charge in [0.2, 0.25) is 0 Å². The Kier molecular flexibility index (Phi) is 6.00. The maximum Gasteiger partial charge on any atom is 0.156 e. The summed E-state index contributed by atoms with van der Waals surface area (Å²) in [5.74, 6) is 0.478. The summed E-state index contributed by atoms with van der Waals surface area (Å²) < 4.78 is 5.58. The Bertz CT molecular complexity index is 563. The van der Waals surface area contributed by atoms with Crippen LogP contribution in [0.3, 0.4) is 0 Å². The summed E-state index contributed by atoms with van der Waals surface area (Å²) in [5, 5.41) is 4.66. The fourth-order valence-corrected chi connectivity index (χ4v) is 3.47. The van der Waals surface area contributed by atoms with Gasteiger partial charge in [-0.05, 0) is 31.2 Å². The fraction of sp³-hybridized carbons (Fsp3) is 0.286. The van der Waals surface area contributed by atoms with Gasteiger partial charge in [0.15, 0.2) is 5.75 Å². The summed E-state index contributed by atoms with van der Waals surface area (Å²) in [6.45, 7) is 4.14. The highest BCUT2D eigenvalue weighted by Crippen LogP contribution is 2.35. The molecule has 2 aromatic rings. The van der Waals surface area contributed by atoms with Crippen LogP contribution in [-0.2, 0) is 6.54 Å². The lowest BCUT2D eigenvalue weighted by atomic mass is 10.3. The Morgan fingerprint density at radius 2 is 1.85 bits per heavy atom. The van der Waals surface area contributed by atoms with E-state index in [-0.39, 0.29) is 0 Å². The van der Waals surface area contributed by atoms with Crippen molar-refractivity contribution in [1.29, 1.82) is 0 Å². The normalized spacial score (nSPS) is 10.8. The molecule has 0 spiro atoms. The number of thiophene rings is 1. The number of rotatable bonds is 6. The third-order valence-corrected chi connectivity index (χ3v) is 4.36. The van der Waals surface area contributed by atoms with Gasteiger partial charge in [0.25, 0.3) is 0 Å². The Morgan fingerprint density at radius 3 is 2.45 bits per heavy atom. The van der Waals surface area contributed by atoms with Gasteiger partial charge in [-0.15, -0.1) is 11.3 Å². The van der Waals surface area contributed by atoms with Crippen LogP contribution in [0.1, 0.15) is 9.75 Å². The molecule has 20 heavy (non-hydrogen) atoms. The molecule has 108 valence electrons. The minimum atomic E-state index is 0.427. The average Bonchev–Trinajstić information content (AvgIpc) is 2.77. The first-order chi connectivity index (χ1) is 9.56. The summed E-state index contributed by atoms with van der Waals surface area (Å²) in [6, 6.07) is 7.48. The van der Waals surface area contributed by atoms with Crippen molar-refractivity contribution in [3.05, 3.63) is 49.1 Å². The molecule has 1 aromatic carbocycles. The molecule has 0 bridgehead atoms. The zero-order valence-electron chi connectivity index (χ0n) is 10.9. The van der Waals surface area contributed by atoms with E-state index in [9.17, 15) is 0 Å². The predicted molar refractivity (Wildman–Crippen MR) is 87.7 cm³/mol. The van der Waals surface area contributed by atoms with Crippen molar-refractivity contribution < 1.29 is 4.74 Å². The number of aryl methyl sites for hydroxylation is 1. The summed E-state index contributed by atoms with van der Waals surface area (Å²) in [5.41, 5.74) is 0. The number of benzene rings is 1. The highest BCUT2D eigenvalue weighted by Gasteiger charge is 2.08. The Morgan fingerprint density at radius 1 is 1.15 bits per heavy atom. The topological polar surface area (TPSA) is 21.3 Å². The zero-order valence-corrected chi connectivity index (χ0v) is 14.0. The first-order valence-electron chi connectivity index (χ1n) is 6.09. The minimum absolute atomic E-state index is 0.427. The lowest BCUT2D eigenvalue weighted by molar-refractivity contribution is 0.314. The minimum Gasteiger partial charge on any atom is -0.489 e. The monoisotopic (exact) mass is 349 g/mol. The van der Waals surface area contributed by atoms with Crippen molar-refractivity contribution >= 4 is 46.1 Å². The molecule has 0 saturated carbocycles. The van der Waals surface area contributed by atoms with E-state index in [1.54, 1.807) is 23.5 Å². The van der Waals surface area contributed by atoms with E-state index in [0.717, 1.165) is 6.54 Å². The molecule has 2 rings (SSSR count). The van der Waals surface area contributed by atoms with Crippen LogP contribution in [0.5, 0.6) is 5.75 Å². The van der Waals surface area contributed by atoms with Gasteiger partial charge in [0.05, 0.1) is 10.0 Å². The zero-order chi connectivity index (χ0) is 14.5. The fourth-order valence-electron chi connectivity index (χ4n) is 1.68. The van der Waals surface area contributed by atoms with Crippen LogP contribution in [0.15, 0.2) is 24.3 Å². The molecule has 1 N–H and O–H groups in total. The molecule has 6 heteroatoms. The van der Waals surface area contributed by atoms with Crippen molar-refractivity contribution in [2.24, 2.45) is 0 Å². The lowest BCUT2D eigenvalue weighted by Gasteiger charge is -2.10. The largest absolute Gasteiger partial charge is 0.489 e. The average molecular weight is 351 g/mol. The van der Waals surface area contributed by atoms with Crippen molar-refractivity contribution in [3.63, 3.8) is 0 Å². The van der Waals surface area contributed by atoms with Gasteiger partial charge in [-0.3, -0.25) is 0 Å². The summed E-state index contributed by atoms with van der Waals surface area (Å²) >= 11 is 19.7. The lowest BCUT2D eigenvalue weighted by Crippen LogP contribution is -2.20. The second kappa shape index (κ2) is 7.53.